The van der Waals surface area contributed by atoms with Gasteiger partial charge in [0.15, 0.2) is 17.5 Å². The third kappa shape index (κ3) is 7.24. The minimum Gasteiger partial charge on any atom is -0.493 e. The van der Waals surface area contributed by atoms with E-state index in [0.717, 1.165) is 11.3 Å². The van der Waals surface area contributed by atoms with Gasteiger partial charge in [-0.05, 0) is 50.6 Å². The molecule has 0 aliphatic rings. The number of halogens is 1. The third-order valence-electron chi connectivity index (χ3n) is 4.74. The normalized spacial score (nSPS) is 11.8. The Morgan fingerprint density at radius 1 is 1.12 bits per heavy atom. The van der Waals surface area contributed by atoms with Gasteiger partial charge in [0.05, 0.1) is 18.6 Å². The van der Waals surface area contributed by atoms with Gasteiger partial charge in [-0.25, -0.2) is 8.42 Å². The first-order chi connectivity index (χ1) is 14.7. The molecule has 0 atom stereocenters. The molecule has 2 N–H and O–H groups in total. The average molecular weight is 577 g/mol. The lowest BCUT2D eigenvalue weighted by Gasteiger charge is -2.21. The highest BCUT2D eigenvalue weighted by molar-refractivity contribution is 14.0. The van der Waals surface area contributed by atoms with Crippen molar-refractivity contribution in [1.82, 2.24) is 9.62 Å². The lowest BCUT2D eigenvalue weighted by Crippen LogP contribution is -2.33. The molecule has 8 nitrogen and oxygen atoms in total. The van der Waals surface area contributed by atoms with E-state index in [2.05, 4.69) is 15.6 Å². The standard InChI is InChI=1S/C22H32N4O4S.HI/c1-7-30-20-13-10-18(14-21(20)29-6)25-22(23-4)24-15-17-8-11-19(12-9-17)31(27,28)26(5)16(2)3;/h8-14,16H,7,15H2,1-6H3,(H2,23,24,25);1H. The summed E-state index contributed by atoms with van der Waals surface area (Å²) in [5.41, 5.74) is 1.73. The Balaban J connectivity index is 0.00000512. The second-order valence-corrected chi connectivity index (χ2v) is 9.11. The van der Waals surface area contributed by atoms with Crippen molar-refractivity contribution in [2.24, 2.45) is 4.99 Å². The fourth-order valence-electron chi connectivity index (χ4n) is 2.74. The van der Waals surface area contributed by atoms with Gasteiger partial charge in [0.1, 0.15) is 0 Å². The molecule has 0 radical (unpaired) electrons. The van der Waals surface area contributed by atoms with Crippen molar-refractivity contribution in [3.8, 4) is 11.5 Å². The number of benzene rings is 2. The summed E-state index contributed by atoms with van der Waals surface area (Å²) in [7, 11) is 1.37. The third-order valence-corrected chi connectivity index (χ3v) is 6.79. The number of aliphatic imine (C=N–C) groups is 1. The van der Waals surface area contributed by atoms with Crippen LogP contribution in [0.2, 0.25) is 0 Å². The molecule has 0 saturated carbocycles. The number of hydrogen-bond acceptors (Lipinski definition) is 5. The Morgan fingerprint density at radius 3 is 2.31 bits per heavy atom. The van der Waals surface area contributed by atoms with Gasteiger partial charge in [-0.2, -0.15) is 4.31 Å². The van der Waals surface area contributed by atoms with E-state index >= 15 is 0 Å². The average Bonchev–Trinajstić information content (AvgIpc) is 2.77. The molecule has 178 valence electrons. The zero-order chi connectivity index (χ0) is 23.0. The molecule has 2 aromatic carbocycles. The maximum absolute atomic E-state index is 12.6. The highest BCUT2D eigenvalue weighted by Gasteiger charge is 2.22. The van der Waals surface area contributed by atoms with E-state index in [9.17, 15) is 8.42 Å². The summed E-state index contributed by atoms with van der Waals surface area (Å²) in [6.07, 6.45) is 0. The highest BCUT2D eigenvalue weighted by Crippen LogP contribution is 2.30. The summed E-state index contributed by atoms with van der Waals surface area (Å²) in [4.78, 5) is 4.51. The van der Waals surface area contributed by atoms with Gasteiger partial charge < -0.3 is 20.1 Å². The first kappa shape index (κ1) is 28.0. The molecule has 32 heavy (non-hydrogen) atoms. The Bertz CT molecular complexity index is 995. The van der Waals surface area contributed by atoms with Crippen molar-refractivity contribution >= 4 is 45.6 Å². The van der Waals surface area contributed by atoms with E-state index in [1.807, 2.05) is 39.0 Å². The maximum atomic E-state index is 12.6. The highest BCUT2D eigenvalue weighted by atomic mass is 127. The van der Waals surface area contributed by atoms with Crippen molar-refractivity contribution in [2.45, 2.75) is 38.3 Å². The molecule has 0 aromatic heterocycles. The Kier molecular flexibility index (Phi) is 11.2. The second kappa shape index (κ2) is 12.9. The molecule has 0 bridgehead atoms. The summed E-state index contributed by atoms with van der Waals surface area (Å²) in [5.74, 6) is 1.88. The number of rotatable bonds is 9. The molecule has 2 aromatic rings. The Labute approximate surface area is 208 Å². The minimum atomic E-state index is -3.49. The van der Waals surface area contributed by atoms with Crippen LogP contribution in [0.25, 0.3) is 0 Å². The van der Waals surface area contributed by atoms with E-state index in [1.54, 1.807) is 45.5 Å². The fourth-order valence-corrected chi connectivity index (χ4v) is 4.11. The molecule has 0 aliphatic heterocycles. The quantitative estimate of drug-likeness (QED) is 0.267. The topological polar surface area (TPSA) is 92.3 Å². The Hall–Kier alpha value is -2.05. The molecule has 0 aliphatic carbocycles. The zero-order valence-electron chi connectivity index (χ0n) is 19.4. The minimum absolute atomic E-state index is 0. The van der Waals surface area contributed by atoms with Crippen LogP contribution in [0.15, 0.2) is 52.4 Å². The first-order valence-corrected chi connectivity index (χ1v) is 11.5. The van der Waals surface area contributed by atoms with Gasteiger partial charge >= 0.3 is 0 Å². The lowest BCUT2D eigenvalue weighted by atomic mass is 10.2. The van der Waals surface area contributed by atoms with Crippen LogP contribution in [0.4, 0.5) is 5.69 Å². The molecule has 0 spiro atoms. The van der Waals surface area contributed by atoms with Crippen molar-refractivity contribution < 1.29 is 17.9 Å². The van der Waals surface area contributed by atoms with Crippen LogP contribution in [0.5, 0.6) is 11.5 Å². The molecule has 2 rings (SSSR count). The number of sulfonamides is 1. The van der Waals surface area contributed by atoms with Crippen LogP contribution in [0, 0.1) is 0 Å². The molecule has 10 heteroatoms. The van der Waals surface area contributed by atoms with Crippen LogP contribution in [-0.2, 0) is 16.6 Å². The second-order valence-electron chi connectivity index (χ2n) is 7.11. The number of nitrogens with zero attached hydrogens (tertiary/aromatic N) is 2. The number of hydrogen-bond donors (Lipinski definition) is 2. The molecular formula is C22H33IN4O4S. The van der Waals surface area contributed by atoms with Gasteiger partial charge in [-0.15, -0.1) is 24.0 Å². The fraction of sp³-hybridized carbons (Fsp3) is 0.409. The number of anilines is 1. The summed E-state index contributed by atoms with van der Waals surface area (Å²) in [6.45, 7) is 6.64. The predicted octanol–water partition coefficient (Wildman–Crippen LogP) is 3.93. The number of nitrogens with one attached hydrogen (secondary N) is 2. The van der Waals surface area contributed by atoms with E-state index < -0.39 is 10.0 Å². The van der Waals surface area contributed by atoms with Gasteiger partial charge in [0, 0.05) is 38.4 Å². The molecule has 0 unspecified atom stereocenters. The van der Waals surface area contributed by atoms with Gasteiger partial charge in [-0.3, -0.25) is 4.99 Å². The summed E-state index contributed by atoms with van der Waals surface area (Å²) >= 11 is 0. The predicted molar refractivity (Wildman–Crippen MR) is 140 cm³/mol. The molecule has 0 heterocycles. The van der Waals surface area contributed by atoms with Gasteiger partial charge in [-0.1, -0.05) is 12.1 Å². The number of guanidine groups is 1. The van der Waals surface area contributed by atoms with E-state index in [1.165, 1.54) is 4.31 Å². The molecular weight excluding hydrogens is 543 g/mol. The van der Waals surface area contributed by atoms with Gasteiger partial charge in [0.2, 0.25) is 10.0 Å². The van der Waals surface area contributed by atoms with Gasteiger partial charge in [0.25, 0.3) is 0 Å². The van der Waals surface area contributed by atoms with Crippen LogP contribution in [0.3, 0.4) is 0 Å². The number of ether oxygens (including phenoxy) is 2. The van der Waals surface area contributed by atoms with Crippen molar-refractivity contribution in [3.05, 3.63) is 48.0 Å². The maximum Gasteiger partial charge on any atom is 0.243 e. The van der Waals surface area contributed by atoms with Crippen LogP contribution in [-0.4, -0.2) is 52.5 Å². The molecule has 0 amide bonds. The molecule has 0 saturated heterocycles. The van der Waals surface area contributed by atoms with Crippen molar-refractivity contribution in [2.75, 3.05) is 33.1 Å². The summed E-state index contributed by atoms with van der Waals surface area (Å²) in [6, 6.07) is 12.3. The monoisotopic (exact) mass is 576 g/mol. The smallest absolute Gasteiger partial charge is 0.243 e. The van der Waals surface area contributed by atoms with Crippen molar-refractivity contribution in [1.29, 1.82) is 0 Å². The molecule has 0 fully saturated rings. The van der Waals surface area contributed by atoms with Crippen LogP contribution < -0.4 is 20.1 Å². The van der Waals surface area contributed by atoms with E-state index in [0.29, 0.717) is 30.6 Å². The SMILES string of the molecule is CCOc1ccc(NC(=NC)NCc2ccc(S(=O)(=O)N(C)C(C)C)cc2)cc1OC.I. The lowest BCUT2D eigenvalue weighted by molar-refractivity contribution is 0.311. The van der Waals surface area contributed by atoms with Crippen molar-refractivity contribution in [3.63, 3.8) is 0 Å². The number of methoxy groups -OCH3 is 1. The van der Waals surface area contributed by atoms with Crippen LogP contribution >= 0.6 is 24.0 Å². The first-order valence-electron chi connectivity index (χ1n) is 10.1. The van der Waals surface area contributed by atoms with E-state index in [4.69, 9.17) is 9.47 Å². The summed E-state index contributed by atoms with van der Waals surface area (Å²) in [5, 5.41) is 6.42. The largest absolute Gasteiger partial charge is 0.493 e. The summed E-state index contributed by atoms with van der Waals surface area (Å²) < 4.78 is 37.4. The van der Waals surface area contributed by atoms with Crippen LogP contribution in [0.1, 0.15) is 26.3 Å². The zero-order valence-corrected chi connectivity index (χ0v) is 22.5. The van der Waals surface area contributed by atoms with E-state index in [-0.39, 0.29) is 34.9 Å². The Morgan fingerprint density at radius 2 is 1.78 bits per heavy atom.